The van der Waals surface area contributed by atoms with E-state index in [1.165, 1.54) is 6.20 Å². The molecule has 0 aliphatic carbocycles. The molecule has 59 heavy (non-hydrogen) atoms. The number of hydrogen-bond donors (Lipinski definition) is 2. The Morgan fingerprint density at radius 1 is 0.780 bits per heavy atom. The quantitative estimate of drug-likeness (QED) is 0.0691. The van der Waals surface area contributed by atoms with Gasteiger partial charge in [-0.15, -0.1) is 0 Å². The van der Waals surface area contributed by atoms with Gasteiger partial charge < -0.3 is 10.8 Å². The van der Waals surface area contributed by atoms with E-state index in [2.05, 4.69) is 15.2 Å². The van der Waals surface area contributed by atoms with Crippen molar-refractivity contribution in [1.82, 2.24) is 24.5 Å². The SMILES string of the molecule is C.C.Cc1cc(-n2cc(Cl)cn2)cc(C)c1-c1c(O)nc(-c2ccccc2)sc1=O.Cc1cc(-n2cc(Cl)cn2)cc(C)c1C(=C=O)C(=O)Cl.NC(=S)c1ccccc1. The Kier molecular flexibility index (Phi) is 17.2. The van der Waals surface area contributed by atoms with E-state index in [4.69, 9.17) is 52.8 Å². The molecule has 10 nitrogen and oxygen atoms in total. The Hall–Kier alpha value is -5.72. The minimum absolute atomic E-state index is 0. The van der Waals surface area contributed by atoms with Gasteiger partial charge in [0.05, 0.1) is 33.8 Å². The maximum Gasteiger partial charge on any atom is 0.264 e. The summed E-state index contributed by atoms with van der Waals surface area (Å²) in [5, 5.41) is 19.6. The fourth-order valence-electron chi connectivity index (χ4n) is 5.93. The van der Waals surface area contributed by atoms with Gasteiger partial charge in [0.15, 0.2) is 0 Å². The van der Waals surface area contributed by atoms with Crippen LogP contribution in [0.1, 0.15) is 48.2 Å². The van der Waals surface area contributed by atoms with Crippen molar-refractivity contribution in [3.8, 4) is 39.0 Å². The van der Waals surface area contributed by atoms with Crippen LogP contribution in [0.5, 0.6) is 5.88 Å². The second-order valence-corrected chi connectivity index (χ2v) is 15.1. The molecular formula is C44H41Cl3N6O4S2. The van der Waals surface area contributed by atoms with E-state index >= 15 is 0 Å². The van der Waals surface area contributed by atoms with Crippen LogP contribution in [-0.4, -0.2) is 45.8 Å². The number of carbonyl (C=O) groups is 1. The predicted molar refractivity (Wildman–Crippen MR) is 246 cm³/mol. The minimum Gasteiger partial charge on any atom is -0.493 e. The summed E-state index contributed by atoms with van der Waals surface area (Å²) < 4.78 is 3.05. The van der Waals surface area contributed by atoms with Crippen LogP contribution in [0.25, 0.3) is 38.6 Å². The van der Waals surface area contributed by atoms with E-state index in [1.54, 1.807) is 59.9 Å². The number of thiocarbonyl (C=S) groups is 1. The molecule has 0 aliphatic rings. The van der Waals surface area contributed by atoms with Crippen molar-refractivity contribution >= 4 is 80.1 Å². The standard InChI is InChI=1S/C21H16ClN3O2S.C14H10Cl2N2O2.C7H7NS.2CH4/c1-12-8-16(25-11-15(22)10-23-25)9-13(2)17(12)18-19(26)24-20(28-21(18)27)14-6-4-3-5-7-14;1-8-3-11(18-6-10(15)5-17-18)4-9(2)13(8)12(7-19)14(16)20;8-7(9)6-4-2-1-3-5-6;;/h3-11,26H,1-2H3;3-6H,1-2H3;1-5H,(H2,8,9);2*1H4. The number of aromatic nitrogens is 5. The van der Waals surface area contributed by atoms with E-state index in [0.29, 0.717) is 31.2 Å². The van der Waals surface area contributed by atoms with Gasteiger partial charge in [-0.1, -0.05) is 122 Å². The van der Waals surface area contributed by atoms with Gasteiger partial charge >= 0.3 is 0 Å². The molecule has 0 saturated carbocycles. The Balaban J connectivity index is 0.000000262. The fourth-order valence-corrected chi connectivity index (χ4v) is 7.33. The molecule has 0 amide bonds. The number of aryl methyl sites for hydroxylation is 4. The highest BCUT2D eigenvalue weighted by molar-refractivity contribution is 7.80. The van der Waals surface area contributed by atoms with Gasteiger partial charge in [0.2, 0.25) is 10.6 Å². The van der Waals surface area contributed by atoms with Gasteiger partial charge in [0, 0.05) is 29.1 Å². The summed E-state index contributed by atoms with van der Waals surface area (Å²) in [6, 6.07) is 26.3. The smallest absolute Gasteiger partial charge is 0.264 e. The number of aromatic hydroxyl groups is 1. The molecule has 0 bridgehead atoms. The van der Waals surface area contributed by atoms with E-state index in [1.807, 2.05) is 86.6 Å². The average Bonchev–Trinajstić information content (AvgIpc) is 3.82. The molecular weight excluding hydrogens is 847 g/mol. The van der Waals surface area contributed by atoms with Crippen LogP contribution < -0.4 is 10.5 Å². The molecule has 7 aromatic rings. The van der Waals surface area contributed by atoms with Gasteiger partial charge in [-0.25, -0.2) is 19.1 Å². The number of allylic oxidation sites excluding steroid dienone is 1. The number of rotatable bonds is 7. The Morgan fingerprint density at radius 2 is 1.24 bits per heavy atom. The zero-order valence-corrected chi connectivity index (χ0v) is 34.7. The molecule has 3 aromatic heterocycles. The number of nitrogens with two attached hydrogens (primary N) is 1. The molecule has 304 valence electrons. The summed E-state index contributed by atoms with van der Waals surface area (Å²) in [5.74, 6) is 1.34. The number of benzene rings is 4. The van der Waals surface area contributed by atoms with Crippen molar-refractivity contribution in [3.63, 3.8) is 0 Å². The zero-order valence-electron chi connectivity index (χ0n) is 30.8. The van der Waals surface area contributed by atoms with Gasteiger partial charge in [0.1, 0.15) is 27.1 Å². The molecule has 0 unspecified atom stereocenters. The third-order valence-corrected chi connectivity index (χ3v) is 10.1. The van der Waals surface area contributed by atoms with Crippen LogP contribution in [0, 0.1) is 27.7 Å². The first-order valence-corrected chi connectivity index (χ1v) is 19.3. The Labute approximate surface area is 367 Å². The van der Waals surface area contributed by atoms with E-state index < -0.39 is 5.24 Å². The molecule has 0 spiro atoms. The van der Waals surface area contributed by atoms with E-state index in [0.717, 1.165) is 56.1 Å². The van der Waals surface area contributed by atoms with Gasteiger partial charge in [-0.05, 0) is 91.4 Å². The third kappa shape index (κ3) is 11.7. The topological polar surface area (TPSA) is 146 Å². The molecule has 0 aliphatic heterocycles. The van der Waals surface area contributed by atoms with Gasteiger partial charge in [-0.2, -0.15) is 10.2 Å². The normalized spacial score (nSPS) is 10.0. The highest BCUT2D eigenvalue weighted by Gasteiger charge is 2.20. The molecule has 15 heteroatoms. The van der Waals surface area contributed by atoms with Crippen molar-refractivity contribution < 1.29 is 14.7 Å². The maximum atomic E-state index is 12.9. The van der Waals surface area contributed by atoms with E-state index in [-0.39, 0.29) is 36.6 Å². The summed E-state index contributed by atoms with van der Waals surface area (Å²) in [4.78, 5) is 39.8. The highest BCUT2D eigenvalue weighted by atomic mass is 35.5. The molecule has 0 radical (unpaired) electrons. The molecule has 0 fully saturated rings. The van der Waals surface area contributed by atoms with Crippen molar-refractivity contribution in [3.05, 3.63) is 163 Å². The Morgan fingerprint density at radius 3 is 1.61 bits per heavy atom. The van der Waals surface area contributed by atoms with Gasteiger partial charge in [-0.3, -0.25) is 9.59 Å². The molecule has 4 aromatic carbocycles. The number of hydrogen-bond acceptors (Lipinski definition) is 9. The second-order valence-electron chi connectivity index (χ2n) is 12.5. The second kappa shape index (κ2) is 21.3. The lowest BCUT2D eigenvalue weighted by molar-refractivity contribution is -0.106. The van der Waals surface area contributed by atoms with Crippen LogP contribution in [0.4, 0.5) is 0 Å². The lowest BCUT2D eigenvalue weighted by Gasteiger charge is -2.13. The summed E-state index contributed by atoms with van der Waals surface area (Å²) in [6.07, 6.45) is 6.47. The van der Waals surface area contributed by atoms with Crippen LogP contribution >= 0.6 is 58.4 Å². The van der Waals surface area contributed by atoms with Gasteiger partial charge in [0.25, 0.3) is 5.24 Å². The van der Waals surface area contributed by atoms with Crippen LogP contribution in [0.3, 0.4) is 0 Å². The number of halogens is 3. The van der Waals surface area contributed by atoms with Crippen molar-refractivity contribution in [2.75, 3.05) is 0 Å². The van der Waals surface area contributed by atoms with Crippen LogP contribution in [0.15, 0.2) is 115 Å². The molecule has 0 atom stereocenters. The molecule has 7 rings (SSSR count). The molecule has 0 saturated heterocycles. The lowest BCUT2D eigenvalue weighted by atomic mass is 9.96. The Bertz CT molecular complexity index is 2660. The van der Waals surface area contributed by atoms with Crippen molar-refractivity contribution in [2.45, 2.75) is 42.5 Å². The lowest BCUT2D eigenvalue weighted by Crippen LogP contribution is -2.08. The average molecular weight is 888 g/mol. The third-order valence-electron chi connectivity index (χ3n) is 8.37. The first kappa shape index (κ1) is 47.7. The van der Waals surface area contributed by atoms with Crippen molar-refractivity contribution in [2.24, 2.45) is 5.73 Å². The molecule has 3 heterocycles. The summed E-state index contributed by atoms with van der Waals surface area (Å²) in [6.45, 7) is 7.36. The summed E-state index contributed by atoms with van der Waals surface area (Å²) in [5.41, 5.74) is 13.1. The predicted octanol–water partition coefficient (Wildman–Crippen LogP) is 10.7. The van der Waals surface area contributed by atoms with Crippen molar-refractivity contribution in [1.29, 1.82) is 0 Å². The fraction of sp³-hybridized carbons (Fsp3) is 0.136. The first-order valence-electron chi connectivity index (χ1n) is 16.9. The van der Waals surface area contributed by atoms with Crippen LogP contribution in [-0.2, 0) is 9.59 Å². The minimum atomic E-state index is -0.818. The monoisotopic (exact) mass is 886 g/mol. The number of nitrogens with zero attached hydrogens (tertiary/aromatic N) is 5. The largest absolute Gasteiger partial charge is 0.493 e. The first-order chi connectivity index (χ1) is 27.2. The summed E-state index contributed by atoms with van der Waals surface area (Å²) >= 11 is 23.0. The van der Waals surface area contributed by atoms with E-state index in [9.17, 15) is 19.5 Å². The maximum absolute atomic E-state index is 12.9. The summed E-state index contributed by atoms with van der Waals surface area (Å²) in [7, 11) is 0. The highest BCUT2D eigenvalue weighted by Crippen LogP contribution is 2.35. The molecule has 3 N–H and O–H groups in total. The number of carbonyl (C=O) groups excluding carboxylic acids is 2. The van der Waals surface area contributed by atoms with Crippen LogP contribution in [0.2, 0.25) is 10.0 Å². The zero-order chi connectivity index (χ0) is 41.4.